The number of halogens is 1. The smallest absolute Gasteiger partial charge is 0.193 e. The van der Waals surface area contributed by atoms with Crippen molar-refractivity contribution in [1.29, 1.82) is 0 Å². The van der Waals surface area contributed by atoms with Crippen LogP contribution in [0.4, 0.5) is 0 Å². The molecule has 3 rings (SSSR count). The number of guanidine groups is 1. The van der Waals surface area contributed by atoms with Crippen LogP contribution in [-0.4, -0.2) is 51.3 Å². The molecule has 1 N–H and O–H groups in total. The number of ether oxygens (including phenoxy) is 2. The summed E-state index contributed by atoms with van der Waals surface area (Å²) in [5.74, 6) is 2.47. The lowest BCUT2D eigenvalue weighted by molar-refractivity contribution is 0.0907. The van der Waals surface area contributed by atoms with Crippen molar-refractivity contribution in [2.75, 3.05) is 40.4 Å². The van der Waals surface area contributed by atoms with Gasteiger partial charge in [-0.2, -0.15) is 0 Å². The molecule has 0 spiro atoms. The first-order valence-corrected chi connectivity index (χ1v) is 9.99. The van der Waals surface area contributed by atoms with Crippen molar-refractivity contribution >= 4 is 29.9 Å². The van der Waals surface area contributed by atoms with E-state index < -0.39 is 0 Å². The summed E-state index contributed by atoms with van der Waals surface area (Å²) in [7, 11) is 3.57. The third kappa shape index (κ3) is 7.19. The maximum absolute atomic E-state index is 5.93. The van der Waals surface area contributed by atoms with Crippen molar-refractivity contribution in [3.05, 3.63) is 65.7 Å². The van der Waals surface area contributed by atoms with Crippen molar-refractivity contribution < 1.29 is 9.47 Å². The predicted molar refractivity (Wildman–Crippen MR) is 129 cm³/mol. The number of para-hydroxylation sites is 1. The Hall–Kier alpha value is -1.80. The van der Waals surface area contributed by atoms with E-state index in [4.69, 9.17) is 9.47 Å². The highest BCUT2D eigenvalue weighted by Gasteiger charge is 2.24. The van der Waals surface area contributed by atoms with Crippen LogP contribution in [0, 0.1) is 5.92 Å². The maximum Gasteiger partial charge on any atom is 0.193 e. The number of hydrogen-bond acceptors (Lipinski definition) is 3. The fourth-order valence-electron chi connectivity index (χ4n) is 3.63. The minimum Gasteiger partial charge on any atom is -0.496 e. The van der Waals surface area contributed by atoms with Crippen LogP contribution in [-0.2, 0) is 17.8 Å². The average Bonchev–Trinajstić information content (AvgIpc) is 3.21. The summed E-state index contributed by atoms with van der Waals surface area (Å²) in [4.78, 5) is 6.80. The third-order valence-electron chi connectivity index (χ3n) is 5.13. The third-order valence-corrected chi connectivity index (χ3v) is 5.13. The first-order valence-electron chi connectivity index (χ1n) is 9.99. The number of aliphatic imine (C=N–C) groups is 1. The van der Waals surface area contributed by atoms with Gasteiger partial charge in [-0.1, -0.05) is 48.5 Å². The van der Waals surface area contributed by atoms with E-state index in [0.717, 1.165) is 50.8 Å². The van der Waals surface area contributed by atoms with Crippen molar-refractivity contribution in [3.63, 3.8) is 0 Å². The molecular weight excluding hydrogens is 477 g/mol. The second-order valence-corrected chi connectivity index (χ2v) is 7.14. The number of methoxy groups -OCH3 is 1. The largest absolute Gasteiger partial charge is 0.496 e. The van der Waals surface area contributed by atoms with Gasteiger partial charge in [0, 0.05) is 32.6 Å². The molecule has 1 fully saturated rings. The second kappa shape index (κ2) is 12.7. The minimum absolute atomic E-state index is 0. The van der Waals surface area contributed by atoms with Crippen LogP contribution in [0.15, 0.2) is 59.6 Å². The number of benzene rings is 2. The van der Waals surface area contributed by atoms with E-state index >= 15 is 0 Å². The molecule has 29 heavy (non-hydrogen) atoms. The predicted octanol–water partition coefficient (Wildman–Crippen LogP) is 3.97. The molecule has 1 aliphatic rings. The first-order chi connectivity index (χ1) is 13.8. The van der Waals surface area contributed by atoms with Crippen LogP contribution in [0.2, 0.25) is 0 Å². The summed E-state index contributed by atoms with van der Waals surface area (Å²) in [6, 6.07) is 18.5. The average molecular weight is 509 g/mol. The van der Waals surface area contributed by atoms with E-state index in [-0.39, 0.29) is 24.0 Å². The van der Waals surface area contributed by atoms with Gasteiger partial charge in [0.25, 0.3) is 0 Å². The Morgan fingerprint density at radius 1 is 1.14 bits per heavy atom. The fraction of sp³-hybridized carbons (Fsp3) is 0.435. The van der Waals surface area contributed by atoms with E-state index in [0.29, 0.717) is 12.5 Å². The lowest BCUT2D eigenvalue weighted by atomic mass is 10.1. The van der Waals surface area contributed by atoms with Gasteiger partial charge in [-0.25, -0.2) is 0 Å². The van der Waals surface area contributed by atoms with E-state index in [2.05, 4.69) is 45.5 Å². The Morgan fingerprint density at radius 3 is 2.66 bits per heavy atom. The molecule has 1 heterocycles. The Kier molecular flexibility index (Phi) is 10.3. The van der Waals surface area contributed by atoms with E-state index in [1.54, 1.807) is 7.11 Å². The Morgan fingerprint density at radius 2 is 1.90 bits per heavy atom. The molecule has 0 amide bonds. The molecule has 0 aromatic heterocycles. The van der Waals surface area contributed by atoms with Crippen molar-refractivity contribution in [2.24, 2.45) is 10.9 Å². The molecule has 5 nitrogen and oxygen atoms in total. The molecular formula is C23H32IN3O2. The summed E-state index contributed by atoms with van der Waals surface area (Å²) in [5.41, 5.74) is 2.44. The molecule has 1 saturated heterocycles. The second-order valence-electron chi connectivity index (χ2n) is 7.14. The highest BCUT2D eigenvalue weighted by Crippen LogP contribution is 2.19. The van der Waals surface area contributed by atoms with Gasteiger partial charge in [-0.05, 0) is 30.0 Å². The van der Waals surface area contributed by atoms with E-state index in [1.165, 1.54) is 11.1 Å². The molecule has 0 radical (unpaired) electrons. The Bertz CT molecular complexity index is 755. The van der Waals surface area contributed by atoms with Gasteiger partial charge in [-0.15, -0.1) is 24.0 Å². The van der Waals surface area contributed by atoms with Crippen molar-refractivity contribution in [1.82, 2.24) is 10.2 Å². The van der Waals surface area contributed by atoms with Crippen LogP contribution in [0.25, 0.3) is 0 Å². The zero-order chi connectivity index (χ0) is 19.6. The summed E-state index contributed by atoms with van der Waals surface area (Å²) in [6.07, 6.45) is 2.04. The first kappa shape index (κ1) is 23.5. The van der Waals surface area contributed by atoms with Crippen molar-refractivity contribution in [2.45, 2.75) is 19.4 Å². The van der Waals surface area contributed by atoms with Gasteiger partial charge >= 0.3 is 0 Å². The number of rotatable bonds is 8. The number of likely N-dealkylation sites (tertiary alicyclic amines) is 1. The summed E-state index contributed by atoms with van der Waals surface area (Å²) in [5, 5.41) is 3.49. The summed E-state index contributed by atoms with van der Waals surface area (Å²) in [6.45, 7) is 4.32. The topological polar surface area (TPSA) is 46.1 Å². The SMILES string of the molecule is CN=C(NCCc1ccccc1OC)N1CCC(COCc2ccccc2)C1.I. The van der Waals surface area contributed by atoms with Gasteiger partial charge in [0.05, 0.1) is 20.3 Å². The van der Waals surface area contributed by atoms with Gasteiger partial charge < -0.3 is 19.7 Å². The lowest BCUT2D eigenvalue weighted by Gasteiger charge is -2.22. The molecule has 158 valence electrons. The van der Waals surface area contributed by atoms with Gasteiger partial charge in [0.1, 0.15) is 5.75 Å². The molecule has 6 heteroatoms. The molecule has 2 aromatic carbocycles. The monoisotopic (exact) mass is 509 g/mol. The summed E-state index contributed by atoms with van der Waals surface area (Å²) < 4.78 is 11.4. The number of hydrogen-bond donors (Lipinski definition) is 1. The molecule has 1 aliphatic heterocycles. The van der Waals surface area contributed by atoms with Crippen molar-refractivity contribution in [3.8, 4) is 5.75 Å². The lowest BCUT2D eigenvalue weighted by Crippen LogP contribution is -2.41. The van der Waals surface area contributed by atoms with E-state index in [1.807, 2.05) is 31.3 Å². The molecule has 0 saturated carbocycles. The fourth-order valence-corrected chi connectivity index (χ4v) is 3.63. The Balaban J connectivity index is 0.00000300. The normalized spacial score (nSPS) is 16.4. The molecule has 2 aromatic rings. The number of nitrogens with one attached hydrogen (secondary N) is 1. The van der Waals surface area contributed by atoms with Crippen LogP contribution in [0.5, 0.6) is 5.75 Å². The summed E-state index contributed by atoms with van der Waals surface area (Å²) >= 11 is 0. The highest BCUT2D eigenvalue weighted by molar-refractivity contribution is 14.0. The zero-order valence-corrected chi connectivity index (χ0v) is 19.7. The van der Waals surface area contributed by atoms with Gasteiger partial charge in [-0.3, -0.25) is 4.99 Å². The highest BCUT2D eigenvalue weighted by atomic mass is 127. The van der Waals surface area contributed by atoms with Crippen LogP contribution >= 0.6 is 24.0 Å². The molecule has 0 aliphatic carbocycles. The number of nitrogens with zero attached hydrogens (tertiary/aromatic N) is 2. The van der Waals surface area contributed by atoms with Gasteiger partial charge in [0.2, 0.25) is 0 Å². The van der Waals surface area contributed by atoms with Gasteiger partial charge in [0.15, 0.2) is 5.96 Å². The molecule has 1 atom stereocenters. The molecule has 1 unspecified atom stereocenters. The zero-order valence-electron chi connectivity index (χ0n) is 17.3. The molecule has 0 bridgehead atoms. The quantitative estimate of drug-likeness (QED) is 0.333. The standard InChI is InChI=1S/C23H31N3O2.HI/c1-24-23(25-14-12-21-10-6-7-11-22(21)27-2)26-15-13-20(16-26)18-28-17-19-8-4-3-5-9-19;/h3-11,20H,12-18H2,1-2H3,(H,24,25);1H. The minimum atomic E-state index is 0. The van der Waals surface area contributed by atoms with Crippen LogP contribution < -0.4 is 10.1 Å². The van der Waals surface area contributed by atoms with Crippen LogP contribution in [0.3, 0.4) is 0 Å². The maximum atomic E-state index is 5.93. The Labute approximate surface area is 191 Å². The van der Waals surface area contributed by atoms with Crippen LogP contribution in [0.1, 0.15) is 17.5 Å². The van der Waals surface area contributed by atoms with E-state index in [9.17, 15) is 0 Å².